The molecule has 3 aromatic carbocycles. The zero-order valence-corrected chi connectivity index (χ0v) is 27.5. The first-order chi connectivity index (χ1) is 20.5. The number of benzene rings is 3. The molecule has 2 atom stereocenters. The first kappa shape index (κ1) is 31.0. The van der Waals surface area contributed by atoms with Crippen molar-refractivity contribution >= 4 is 25.0 Å². The molecule has 0 radical (unpaired) electrons. The van der Waals surface area contributed by atoms with Crippen molar-refractivity contribution in [1.29, 1.82) is 0 Å². The van der Waals surface area contributed by atoms with E-state index >= 15 is 0 Å². The van der Waals surface area contributed by atoms with Crippen molar-refractivity contribution in [1.82, 2.24) is 9.80 Å². The topological polar surface area (TPSA) is 55.2 Å². The van der Waals surface area contributed by atoms with Crippen LogP contribution in [0.5, 0.6) is 5.75 Å². The monoisotopic (exact) mass is 598 g/mol. The Hall–Kier alpha value is -3.39. The summed E-state index contributed by atoms with van der Waals surface area (Å²) < 4.78 is 18.8. The Bertz CT molecular complexity index is 1510. The SMILES string of the molecule is CN(C(=O)Cc1occ2ccccc12)C(CN1CCC(O[Si](C)(C)C(C)(C)C)C1)c1cccc(OCc2ccccc2)c1. The van der Waals surface area contributed by atoms with Crippen molar-refractivity contribution in [3.63, 3.8) is 0 Å². The summed E-state index contributed by atoms with van der Waals surface area (Å²) in [5.74, 6) is 1.52. The van der Waals surface area contributed by atoms with E-state index in [1.54, 1.807) is 6.26 Å². The Labute approximate surface area is 257 Å². The molecule has 2 heterocycles. The maximum atomic E-state index is 13.8. The quantitative estimate of drug-likeness (QED) is 0.165. The summed E-state index contributed by atoms with van der Waals surface area (Å²) in [6.07, 6.45) is 3.17. The van der Waals surface area contributed by atoms with E-state index in [1.165, 1.54) is 0 Å². The summed E-state index contributed by atoms with van der Waals surface area (Å²) in [7, 11) is 0.0469. The number of carbonyl (C=O) groups is 1. The lowest BCUT2D eigenvalue weighted by atomic mass is 10.0. The second-order valence-corrected chi connectivity index (χ2v) is 18.1. The molecule has 1 amide bonds. The number of ether oxygens (including phenoxy) is 1. The van der Waals surface area contributed by atoms with E-state index in [9.17, 15) is 4.79 Å². The number of amides is 1. The second-order valence-electron chi connectivity index (χ2n) is 13.3. The zero-order chi connectivity index (χ0) is 30.6. The highest BCUT2D eigenvalue weighted by Crippen LogP contribution is 2.38. The first-order valence-corrected chi connectivity index (χ1v) is 18.3. The fourth-order valence-electron chi connectivity index (χ4n) is 5.53. The molecule has 1 aliphatic rings. The maximum Gasteiger partial charge on any atom is 0.230 e. The van der Waals surface area contributed by atoms with Gasteiger partial charge in [-0.05, 0) is 47.8 Å². The third-order valence-electron chi connectivity index (χ3n) is 9.18. The Morgan fingerprint density at radius 2 is 1.79 bits per heavy atom. The average molecular weight is 599 g/mol. The van der Waals surface area contributed by atoms with E-state index in [4.69, 9.17) is 13.6 Å². The summed E-state index contributed by atoms with van der Waals surface area (Å²) in [5, 5.41) is 2.17. The van der Waals surface area contributed by atoms with Crippen LogP contribution in [0.2, 0.25) is 18.1 Å². The molecule has 0 spiro atoms. The molecule has 1 aromatic heterocycles. The highest BCUT2D eigenvalue weighted by Gasteiger charge is 2.41. The predicted octanol–water partition coefficient (Wildman–Crippen LogP) is 7.85. The van der Waals surface area contributed by atoms with E-state index in [0.29, 0.717) is 12.4 Å². The van der Waals surface area contributed by atoms with Gasteiger partial charge in [-0.1, -0.05) is 87.5 Å². The molecular formula is C36H46N2O4Si. The van der Waals surface area contributed by atoms with Crippen molar-refractivity contribution in [2.24, 2.45) is 0 Å². The molecule has 228 valence electrons. The molecular weight excluding hydrogens is 552 g/mol. The Kier molecular flexibility index (Phi) is 9.44. The summed E-state index contributed by atoms with van der Waals surface area (Å²) in [6.45, 7) is 14.6. The van der Waals surface area contributed by atoms with Crippen LogP contribution < -0.4 is 4.74 Å². The highest BCUT2D eigenvalue weighted by atomic mass is 28.4. The molecule has 0 N–H and O–H groups in total. The molecule has 43 heavy (non-hydrogen) atoms. The molecule has 1 fully saturated rings. The van der Waals surface area contributed by atoms with Gasteiger partial charge in [0.1, 0.15) is 18.1 Å². The third-order valence-corrected chi connectivity index (χ3v) is 13.7. The summed E-state index contributed by atoms with van der Waals surface area (Å²) in [6, 6.07) is 26.2. The largest absolute Gasteiger partial charge is 0.489 e. The molecule has 2 unspecified atom stereocenters. The third kappa shape index (κ3) is 7.58. The Balaban J connectivity index is 1.34. The molecule has 5 rings (SSSR count). The van der Waals surface area contributed by atoms with Crippen LogP contribution in [-0.2, 0) is 22.2 Å². The summed E-state index contributed by atoms with van der Waals surface area (Å²) in [4.78, 5) is 18.1. The van der Waals surface area contributed by atoms with E-state index in [1.807, 2.05) is 66.5 Å². The van der Waals surface area contributed by atoms with Crippen molar-refractivity contribution in [3.8, 4) is 5.75 Å². The normalized spacial score (nSPS) is 16.8. The van der Waals surface area contributed by atoms with Crippen LogP contribution in [0.25, 0.3) is 10.8 Å². The van der Waals surface area contributed by atoms with Crippen LogP contribution in [-0.4, -0.2) is 56.8 Å². The van der Waals surface area contributed by atoms with Crippen molar-refractivity contribution in [2.75, 3.05) is 26.7 Å². The summed E-state index contributed by atoms with van der Waals surface area (Å²) in [5.41, 5.74) is 2.17. The molecule has 1 aliphatic heterocycles. The molecule has 6 nitrogen and oxygen atoms in total. The predicted molar refractivity (Wildman–Crippen MR) is 176 cm³/mol. The standard InChI is InChI=1S/C36H46N2O4Si/c1-36(2,3)43(5,6)42-31-19-20-38(23-31)24-33(28-16-12-17-30(21-28)40-25-27-13-8-7-9-14-27)37(4)35(39)22-34-32-18-11-10-15-29(32)26-41-34/h7-18,21,26,31,33H,19-20,22-25H2,1-6H3. The van der Waals surface area contributed by atoms with Gasteiger partial charge in [0.05, 0.1) is 24.8 Å². The van der Waals surface area contributed by atoms with Crippen molar-refractivity contribution < 1.29 is 18.4 Å². The smallest absolute Gasteiger partial charge is 0.230 e. The van der Waals surface area contributed by atoms with E-state index in [2.05, 4.69) is 63.0 Å². The number of fused-ring (bicyclic) bond motifs is 1. The lowest BCUT2D eigenvalue weighted by Crippen LogP contribution is -2.45. The molecule has 0 bridgehead atoms. The highest BCUT2D eigenvalue weighted by molar-refractivity contribution is 6.74. The van der Waals surface area contributed by atoms with E-state index in [-0.39, 0.29) is 29.5 Å². The van der Waals surface area contributed by atoms with Gasteiger partial charge in [-0.2, -0.15) is 0 Å². The van der Waals surface area contributed by atoms with Gasteiger partial charge in [-0.3, -0.25) is 9.69 Å². The number of hydrogen-bond donors (Lipinski definition) is 0. The van der Waals surface area contributed by atoms with Crippen LogP contribution in [0, 0.1) is 0 Å². The van der Waals surface area contributed by atoms with Gasteiger partial charge in [0, 0.05) is 37.5 Å². The first-order valence-electron chi connectivity index (χ1n) is 15.4. The van der Waals surface area contributed by atoms with Crippen LogP contribution in [0.1, 0.15) is 50.1 Å². The molecule has 0 aliphatic carbocycles. The summed E-state index contributed by atoms with van der Waals surface area (Å²) >= 11 is 0. The van der Waals surface area contributed by atoms with Gasteiger partial charge in [0.25, 0.3) is 0 Å². The van der Waals surface area contributed by atoms with Crippen LogP contribution in [0.4, 0.5) is 0 Å². The maximum absolute atomic E-state index is 13.8. The number of furan rings is 1. The molecule has 0 saturated carbocycles. The minimum atomic E-state index is -1.87. The minimum Gasteiger partial charge on any atom is -0.489 e. The number of nitrogens with zero attached hydrogens (tertiary/aromatic N) is 2. The Morgan fingerprint density at radius 3 is 2.56 bits per heavy atom. The van der Waals surface area contributed by atoms with Crippen LogP contribution in [0.15, 0.2) is 89.5 Å². The number of likely N-dealkylation sites (N-methyl/N-ethyl adjacent to an activating group) is 1. The van der Waals surface area contributed by atoms with Gasteiger partial charge in [-0.15, -0.1) is 0 Å². The number of hydrogen-bond acceptors (Lipinski definition) is 5. The number of carbonyl (C=O) groups excluding carboxylic acids is 1. The van der Waals surface area contributed by atoms with Crippen molar-refractivity contribution in [2.45, 2.75) is 70.5 Å². The lowest BCUT2D eigenvalue weighted by Gasteiger charge is -2.38. The lowest BCUT2D eigenvalue weighted by molar-refractivity contribution is -0.132. The van der Waals surface area contributed by atoms with E-state index in [0.717, 1.165) is 53.7 Å². The second kappa shape index (κ2) is 13.1. The van der Waals surface area contributed by atoms with Gasteiger partial charge >= 0.3 is 0 Å². The molecule has 4 aromatic rings. The number of likely N-dealkylation sites (tertiary alicyclic amines) is 1. The van der Waals surface area contributed by atoms with Crippen LogP contribution >= 0.6 is 0 Å². The number of rotatable bonds is 11. The van der Waals surface area contributed by atoms with Gasteiger partial charge in [0.15, 0.2) is 8.32 Å². The van der Waals surface area contributed by atoms with E-state index < -0.39 is 8.32 Å². The molecule has 7 heteroatoms. The van der Waals surface area contributed by atoms with Crippen LogP contribution in [0.3, 0.4) is 0 Å². The van der Waals surface area contributed by atoms with Gasteiger partial charge < -0.3 is 18.5 Å². The fourth-order valence-corrected chi connectivity index (χ4v) is 6.90. The molecule has 1 saturated heterocycles. The minimum absolute atomic E-state index is 0.0222. The fraction of sp³-hybridized carbons (Fsp3) is 0.417. The zero-order valence-electron chi connectivity index (χ0n) is 26.5. The Morgan fingerprint density at radius 1 is 1.05 bits per heavy atom. The van der Waals surface area contributed by atoms with Crippen molar-refractivity contribution in [3.05, 3.63) is 102 Å². The average Bonchev–Trinajstić information content (AvgIpc) is 3.60. The van der Waals surface area contributed by atoms with Gasteiger partial charge in [-0.25, -0.2) is 0 Å². The van der Waals surface area contributed by atoms with Gasteiger partial charge in [0.2, 0.25) is 5.91 Å².